The molecule has 0 saturated heterocycles. The average Bonchev–Trinajstić information content (AvgIpc) is 2.37. The molecule has 20 heavy (non-hydrogen) atoms. The number of aromatic nitrogens is 1. The van der Waals surface area contributed by atoms with Crippen molar-refractivity contribution < 1.29 is 27.5 Å². The molecular weight excluding hydrogens is 278 g/mol. The van der Waals surface area contributed by atoms with E-state index < -0.39 is 29.2 Å². The summed E-state index contributed by atoms with van der Waals surface area (Å²) in [4.78, 5) is 14.3. The van der Waals surface area contributed by atoms with Crippen molar-refractivity contribution in [2.24, 2.45) is 0 Å². The second-order valence-electron chi connectivity index (χ2n) is 3.94. The quantitative estimate of drug-likeness (QED) is 0.677. The monoisotopic (exact) mass is 285 g/mol. The van der Waals surface area contributed by atoms with Crippen molar-refractivity contribution in [2.45, 2.75) is 6.18 Å². The SMILES string of the molecule is O=C(O)c1cc(F)ncc1-c1cccc(C(F)(F)F)c1. The predicted octanol–water partition coefficient (Wildman–Crippen LogP) is 3.60. The van der Waals surface area contributed by atoms with E-state index in [1.165, 1.54) is 6.07 Å². The summed E-state index contributed by atoms with van der Waals surface area (Å²) in [5.74, 6) is -2.46. The molecule has 1 aromatic heterocycles. The summed E-state index contributed by atoms with van der Waals surface area (Å²) in [5, 5.41) is 8.96. The van der Waals surface area contributed by atoms with Crippen LogP contribution in [0.5, 0.6) is 0 Å². The van der Waals surface area contributed by atoms with Crippen LogP contribution in [0.4, 0.5) is 17.6 Å². The molecule has 2 rings (SSSR count). The van der Waals surface area contributed by atoms with Gasteiger partial charge >= 0.3 is 12.1 Å². The van der Waals surface area contributed by atoms with Crippen molar-refractivity contribution in [1.29, 1.82) is 0 Å². The highest BCUT2D eigenvalue weighted by atomic mass is 19.4. The molecule has 7 heteroatoms. The fourth-order valence-corrected chi connectivity index (χ4v) is 1.70. The van der Waals surface area contributed by atoms with Gasteiger partial charge in [0.2, 0.25) is 5.95 Å². The number of alkyl halides is 3. The highest BCUT2D eigenvalue weighted by Gasteiger charge is 2.30. The number of hydrogen-bond acceptors (Lipinski definition) is 2. The number of aromatic carboxylic acids is 1. The van der Waals surface area contributed by atoms with Gasteiger partial charge < -0.3 is 5.11 Å². The standard InChI is InChI=1S/C13H7F4NO2/c14-11-5-9(12(19)20)10(6-18-11)7-2-1-3-8(4-7)13(15,16)17/h1-6H,(H,19,20). The van der Waals surface area contributed by atoms with E-state index >= 15 is 0 Å². The lowest BCUT2D eigenvalue weighted by atomic mass is 10.00. The van der Waals surface area contributed by atoms with E-state index in [2.05, 4.69) is 4.98 Å². The van der Waals surface area contributed by atoms with E-state index in [9.17, 15) is 22.4 Å². The number of carbonyl (C=O) groups is 1. The van der Waals surface area contributed by atoms with E-state index in [0.29, 0.717) is 6.07 Å². The Morgan fingerprint density at radius 3 is 2.50 bits per heavy atom. The van der Waals surface area contributed by atoms with Gasteiger partial charge in [0.05, 0.1) is 11.1 Å². The van der Waals surface area contributed by atoms with Gasteiger partial charge in [0.1, 0.15) is 0 Å². The summed E-state index contributed by atoms with van der Waals surface area (Å²) in [5.41, 5.74) is -1.44. The van der Waals surface area contributed by atoms with Crippen LogP contribution in [0.25, 0.3) is 11.1 Å². The Labute approximate surface area is 110 Å². The van der Waals surface area contributed by atoms with E-state index in [1.807, 2.05) is 0 Å². The third kappa shape index (κ3) is 2.76. The van der Waals surface area contributed by atoms with Crippen molar-refractivity contribution in [3.05, 3.63) is 53.6 Å². The van der Waals surface area contributed by atoms with Gasteiger partial charge in [-0.25, -0.2) is 9.78 Å². The van der Waals surface area contributed by atoms with Crippen molar-refractivity contribution in [3.63, 3.8) is 0 Å². The Bertz CT molecular complexity index is 668. The van der Waals surface area contributed by atoms with Crippen LogP contribution in [-0.4, -0.2) is 16.1 Å². The lowest BCUT2D eigenvalue weighted by Gasteiger charge is -2.10. The summed E-state index contributed by atoms with van der Waals surface area (Å²) in [7, 11) is 0. The van der Waals surface area contributed by atoms with Crippen LogP contribution in [0.1, 0.15) is 15.9 Å². The van der Waals surface area contributed by atoms with Gasteiger partial charge in [0.25, 0.3) is 0 Å². The highest BCUT2D eigenvalue weighted by molar-refractivity contribution is 5.95. The lowest BCUT2D eigenvalue weighted by molar-refractivity contribution is -0.137. The minimum absolute atomic E-state index is 0.00438. The number of hydrogen-bond donors (Lipinski definition) is 1. The Morgan fingerprint density at radius 1 is 1.20 bits per heavy atom. The van der Waals surface area contributed by atoms with Gasteiger partial charge in [-0.3, -0.25) is 0 Å². The maximum atomic E-state index is 12.9. The Hall–Kier alpha value is -2.44. The minimum Gasteiger partial charge on any atom is -0.478 e. The third-order valence-electron chi connectivity index (χ3n) is 2.60. The number of carboxylic acid groups (broad SMARTS) is 1. The summed E-state index contributed by atoms with van der Waals surface area (Å²) in [6, 6.07) is 4.77. The average molecular weight is 285 g/mol. The summed E-state index contributed by atoms with van der Waals surface area (Å²) in [6.07, 6.45) is -3.65. The first kappa shape index (κ1) is 14.0. The molecule has 0 bridgehead atoms. The smallest absolute Gasteiger partial charge is 0.416 e. The molecule has 2 aromatic rings. The lowest BCUT2D eigenvalue weighted by Crippen LogP contribution is -2.06. The van der Waals surface area contributed by atoms with Crippen LogP contribution in [0, 0.1) is 5.95 Å². The maximum Gasteiger partial charge on any atom is 0.416 e. The van der Waals surface area contributed by atoms with Crippen molar-refractivity contribution in [3.8, 4) is 11.1 Å². The Kier molecular flexibility index (Phi) is 3.44. The molecule has 0 aliphatic rings. The van der Waals surface area contributed by atoms with Crippen LogP contribution in [-0.2, 0) is 6.18 Å². The number of halogens is 4. The van der Waals surface area contributed by atoms with E-state index in [0.717, 1.165) is 24.4 Å². The van der Waals surface area contributed by atoms with Gasteiger partial charge in [-0.2, -0.15) is 17.6 Å². The minimum atomic E-state index is -4.55. The van der Waals surface area contributed by atoms with Crippen LogP contribution in [0.2, 0.25) is 0 Å². The zero-order valence-corrected chi connectivity index (χ0v) is 9.78. The second kappa shape index (κ2) is 4.92. The molecule has 0 amide bonds. The molecule has 0 fully saturated rings. The van der Waals surface area contributed by atoms with E-state index in [4.69, 9.17) is 5.11 Å². The van der Waals surface area contributed by atoms with Crippen LogP contribution in [0.15, 0.2) is 36.5 Å². The number of rotatable bonds is 2. The molecule has 3 nitrogen and oxygen atoms in total. The van der Waals surface area contributed by atoms with Crippen LogP contribution >= 0.6 is 0 Å². The summed E-state index contributed by atoms with van der Waals surface area (Å²) in [6.45, 7) is 0. The molecule has 0 unspecified atom stereocenters. The molecule has 104 valence electrons. The Balaban J connectivity index is 2.60. The van der Waals surface area contributed by atoms with Crippen molar-refractivity contribution >= 4 is 5.97 Å². The first-order chi connectivity index (χ1) is 9.29. The normalized spacial score (nSPS) is 11.4. The molecule has 0 saturated carbocycles. The molecule has 1 aromatic carbocycles. The topological polar surface area (TPSA) is 50.2 Å². The van der Waals surface area contributed by atoms with Crippen molar-refractivity contribution in [2.75, 3.05) is 0 Å². The van der Waals surface area contributed by atoms with Crippen LogP contribution in [0.3, 0.4) is 0 Å². The van der Waals surface area contributed by atoms with Crippen LogP contribution < -0.4 is 0 Å². The predicted molar refractivity (Wildman–Crippen MR) is 61.6 cm³/mol. The summed E-state index contributed by atoms with van der Waals surface area (Å²) < 4.78 is 50.8. The number of nitrogens with zero attached hydrogens (tertiary/aromatic N) is 1. The third-order valence-corrected chi connectivity index (χ3v) is 2.60. The van der Waals surface area contributed by atoms with Crippen molar-refractivity contribution in [1.82, 2.24) is 4.98 Å². The largest absolute Gasteiger partial charge is 0.478 e. The number of pyridine rings is 1. The fraction of sp³-hybridized carbons (Fsp3) is 0.0769. The molecule has 0 aliphatic heterocycles. The van der Waals surface area contributed by atoms with Gasteiger partial charge in [-0.15, -0.1) is 0 Å². The molecule has 1 N–H and O–H groups in total. The summed E-state index contributed by atoms with van der Waals surface area (Å²) >= 11 is 0. The number of benzene rings is 1. The van der Waals surface area contributed by atoms with E-state index in [1.54, 1.807) is 0 Å². The maximum absolute atomic E-state index is 12.9. The van der Waals surface area contributed by atoms with Gasteiger partial charge in [-0.05, 0) is 17.7 Å². The molecule has 1 heterocycles. The van der Waals surface area contributed by atoms with Gasteiger partial charge in [-0.1, -0.05) is 12.1 Å². The second-order valence-corrected chi connectivity index (χ2v) is 3.94. The first-order valence-corrected chi connectivity index (χ1v) is 5.35. The molecule has 0 radical (unpaired) electrons. The zero-order valence-electron chi connectivity index (χ0n) is 9.78. The molecular formula is C13H7F4NO2. The van der Waals surface area contributed by atoms with Gasteiger partial charge in [0.15, 0.2) is 0 Å². The van der Waals surface area contributed by atoms with Gasteiger partial charge in [0, 0.05) is 17.8 Å². The fourth-order valence-electron chi connectivity index (χ4n) is 1.70. The number of carboxylic acids is 1. The molecule has 0 aliphatic carbocycles. The molecule has 0 atom stereocenters. The highest BCUT2D eigenvalue weighted by Crippen LogP contribution is 2.33. The molecule has 0 spiro atoms. The zero-order chi connectivity index (χ0) is 14.9. The van der Waals surface area contributed by atoms with E-state index in [-0.39, 0.29) is 11.1 Å². The first-order valence-electron chi connectivity index (χ1n) is 5.35. The Morgan fingerprint density at radius 2 is 1.90 bits per heavy atom.